The Kier molecular flexibility index (Phi) is 16.2. The second kappa shape index (κ2) is 19.0. The van der Waals surface area contributed by atoms with E-state index in [1.165, 1.54) is 13.8 Å². The molecule has 0 heterocycles. The number of ether oxygens (including phenoxy) is 4. The smallest absolute Gasteiger partial charge is 0.333 e. The first-order chi connectivity index (χ1) is 19.4. The number of carbonyl (C=O) groups is 6. The lowest BCUT2D eigenvalue weighted by molar-refractivity contribution is -0.150. The Bertz CT molecular complexity index is 969. The van der Waals surface area contributed by atoms with Gasteiger partial charge in [0.1, 0.15) is 26.4 Å². The third-order valence-electron chi connectivity index (χ3n) is 5.54. The minimum atomic E-state index is -0.667. The molecule has 0 bridgehead atoms. The van der Waals surface area contributed by atoms with Crippen LogP contribution in [0.15, 0.2) is 24.3 Å². The molecule has 3 unspecified atom stereocenters. The van der Waals surface area contributed by atoms with Gasteiger partial charge in [0.15, 0.2) is 0 Å². The van der Waals surface area contributed by atoms with E-state index >= 15 is 0 Å². The monoisotopic (exact) mass is 584 g/mol. The molecule has 3 atom stereocenters. The van der Waals surface area contributed by atoms with Crippen LogP contribution in [-0.2, 0) is 38.1 Å². The summed E-state index contributed by atoms with van der Waals surface area (Å²) >= 11 is 0. The number of rotatable bonds is 16. The van der Waals surface area contributed by atoms with Crippen LogP contribution in [0.4, 0.5) is 9.59 Å². The zero-order valence-corrected chi connectivity index (χ0v) is 23.5. The van der Waals surface area contributed by atoms with Crippen molar-refractivity contribution in [3.05, 3.63) is 24.3 Å². The van der Waals surface area contributed by atoms with Crippen molar-refractivity contribution in [2.45, 2.75) is 64.1 Å². The van der Waals surface area contributed by atoms with Gasteiger partial charge in [-0.15, -0.1) is 0 Å². The maximum Gasteiger partial charge on any atom is 0.333 e. The summed E-state index contributed by atoms with van der Waals surface area (Å²) in [5.41, 5.74) is 0.457. The zero-order chi connectivity index (χ0) is 30.8. The van der Waals surface area contributed by atoms with Gasteiger partial charge in [-0.05, 0) is 33.1 Å². The molecule has 0 aromatic carbocycles. The van der Waals surface area contributed by atoms with Crippen molar-refractivity contribution in [2.24, 2.45) is 0 Å². The molecule has 41 heavy (non-hydrogen) atoms. The van der Waals surface area contributed by atoms with Crippen LogP contribution in [0, 0.1) is 0 Å². The Morgan fingerprint density at radius 3 is 1.54 bits per heavy atom. The first-order valence-electron chi connectivity index (χ1n) is 13.1. The summed E-state index contributed by atoms with van der Waals surface area (Å²) < 4.78 is 19.4. The fourth-order valence-electron chi connectivity index (χ4n) is 3.45. The molecule has 230 valence electrons. The van der Waals surface area contributed by atoms with Crippen LogP contribution in [0.3, 0.4) is 0 Å². The van der Waals surface area contributed by atoms with E-state index in [4.69, 9.17) is 18.9 Å². The average Bonchev–Trinajstić information content (AvgIpc) is 2.90. The third-order valence-corrected chi connectivity index (χ3v) is 5.54. The summed E-state index contributed by atoms with van der Waals surface area (Å²) in [5.74, 6) is -2.37. The Morgan fingerprint density at radius 1 is 0.683 bits per heavy atom. The average molecular weight is 585 g/mol. The second-order valence-electron chi connectivity index (χ2n) is 9.25. The summed E-state index contributed by atoms with van der Waals surface area (Å²) in [6.07, 6.45) is 0.109. The van der Waals surface area contributed by atoms with Crippen molar-refractivity contribution in [3.8, 4) is 0 Å². The quantitative estimate of drug-likeness (QED) is 0.0704. The number of aliphatic hydroxyl groups excluding tert-OH is 1. The molecule has 1 rings (SSSR count). The number of aliphatic hydroxyl groups is 1. The molecule has 0 aromatic heterocycles. The fourth-order valence-corrected chi connectivity index (χ4v) is 3.45. The summed E-state index contributed by atoms with van der Waals surface area (Å²) in [5, 5.41) is 20.5. The normalized spacial score (nSPS) is 17.7. The predicted molar refractivity (Wildman–Crippen MR) is 143 cm³/mol. The lowest BCUT2D eigenvalue weighted by atomic mass is 9.88. The fraction of sp³-hybridized carbons (Fsp3) is 0.615. The van der Waals surface area contributed by atoms with E-state index in [0.29, 0.717) is 12.8 Å². The maximum absolute atomic E-state index is 12.3. The van der Waals surface area contributed by atoms with E-state index in [2.05, 4.69) is 34.4 Å². The molecule has 0 spiro atoms. The Balaban J connectivity index is 2.30. The molecule has 1 aliphatic rings. The molecule has 1 saturated carbocycles. The number of amides is 4. The SMILES string of the molecule is C=C(C)C(=O)OCCOC(=O)CCNC(=O)NC1CCC(O)CC1NC(=O)NCCC(=O)OCCOC(=O)C(=C)C. The van der Waals surface area contributed by atoms with Crippen molar-refractivity contribution in [2.75, 3.05) is 39.5 Å². The van der Waals surface area contributed by atoms with Crippen LogP contribution >= 0.6 is 0 Å². The summed E-state index contributed by atoms with van der Waals surface area (Å²) in [4.78, 5) is 70.7. The van der Waals surface area contributed by atoms with Crippen LogP contribution < -0.4 is 21.3 Å². The highest BCUT2D eigenvalue weighted by molar-refractivity contribution is 5.87. The highest BCUT2D eigenvalue weighted by Gasteiger charge is 2.32. The van der Waals surface area contributed by atoms with E-state index in [9.17, 15) is 33.9 Å². The Hall–Kier alpha value is -4.14. The lowest BCUT2D eigenvalue weighted by Crippen LogP contribution is -2.58. The minimum Gasteiger partial charge on any atom is -0.462 e. The standard InChI is InChI=1S/C26H40N4O11/c1-16(2)23(34)40-13-11-38-21(32)7-9-27-25(36)29-19-6-5-18(31)15-20(19)30-26(37)28-10-8-22(33)39-12-14-41-24(35)17(3)4/h18-20,31H,1,3,5-15H2,2,4H3,(H2,27,29,36)(H2,28,30,37). The molecule has 1 fully saturated rings. The molecular formula is C26H40N4O11. The Labute approximate surface area is 238 Å². The third kappa shape index (κ3) is 15.9. The molecule has 15 nitrogen and oxygen atoms in total. The first-order valence-corrected chi connectivity index (χ1v) is 13.1. The van der Waals surface area contributed by atoms with E-state index in [-0.39, 0.29) is 69.9 Å². The van der Waals surface area contributed by atoms with Gasteiger partial charge < -0.3 is 45.3 Å². The first kappa shape index (κ1) is 34.9. The van der Waals surface area contributed by atoms with Gasteiger partial charge in [-0.1, -0.05) is 13.2 Å². The van der Waals surface area contributed by atoms with Gasteiger partial charge in [0.25, 0.3) is 0 Å². The maximum atomic E-state index is 12.3. The van der Waals surface area contributed by atoms with Crippen LogP contribution in [0.2, 0.25) is 0 Å². The van der Waals surface area contributed by atoms with E-state index in [1.807, 2.05) is 0 Å². The van der Waals surface area contributed by atoms with Crippen molar-refractivity contribution >= 4 is 35.9 Å². The molecule has 0 aromatic rings. The summed E-state index contributed by atoms with van der Waals surface area (Å²) in [6, 6.07) is -2.26. The Morgan fingerprint density at radius 2 is 1.10 bits per heavy atom. The van der Waals surface area contributed by atoms with Crippen molar-refractivity contribution < 1.29 is 52.8 Å². The summed E-state index contributed by atoms with van der Waals surface area (Å²) in [6.45, 7) is 9.32. The largest absolute Gasteiger partial charge is 0.462 e. The van der Waals surface area contributed by atoms with Gasteiger partial charge >= 0.3 is 35.9 Å². The highest BCUT2D eigenvalue weighted by atomic mass is 16.6. The van der Waals surface area contributed by atoms with Crippen molar-refractivity contribution in [3.63, 3.8) is 0 Å². The zero-order valence-electron chi connectivity index (χ0n) is 23.5. The van der Waals surface area contributed by atoms with Gasteiger partial charge in [0, 0.05) is 24.2 Å². The van der Waals surface area contributed by atoms with Gasteiger partial charge in [0.2, 0.25) is 0 Å². The number of hydrogen-bond acceptors (Lipinski definition) is 11. The topological polar surface area (TPSA) is 208 Å². The van der Waals surface area contributed by atoms with Crippen LogP contribution in [0.5, 0.6) is 0 Å². The predicted octanol–water partition coefficient (Wildman–Crippen LogP) is -0.0280. The van der Waals surface area contributed by atoms with Crippen LogP contribution in [0.1, 0.15) is 46.0 Å². The van der Waals surface area contributed by atoms with Gasteiger partial charge in [-0.2, -0.15) is 0 Å². The molecule has 4 amide bonds. The van der Waals surface area contributed by atoms with Crippen molar-refractivity contribution in [1.82, 2.24) is 21.3 Å². The van der Waals surface area contributed by atoms with Gasteiger partial charge in [0.05, 0.1) is 31.0 Å². The van der Waals surface area contributed by atoms with Gasteiger partial charge in [-0.3, -0.25) is 9.59 Å². The molecule has 0 radical (unpaired) electrons. The number of hydrogen-bond donors (Lipinski definition) is 5. The highest BCUT2D eigenvalue weighted by Crippen LogP contribution is 2.19. The van der Waals surface area contributed by atoms with Crippen molar-refractivity contribution in [1.29, 1.82) is 0 Å². The molecular weight excluding hydrogens is 544 g/mol. The van der Waals surface area contributed by atoms with E-state index < -0.39 is 54.1 Å². The van der Waals surface area contributed by atoms with Gasteiger partial charge in [-0.25, -0.2) is 19.2 Å². The molecule has 5 N–H and O–H groups in total. The lowest BCUT2D eigenvalue weighted by Gasteiger charge is -2.35. The van der Waals surface area contributed by atoms with Crippen LogP contribution in [0.25, 0.3) is 0 Å². The molecule has 0 saturated heterocycles. The molecule has 1 aliphatic carbocycles. The number of urea groups is 2. The summed E-state index contributed by atoms with van der Waals surface area (Å²) in [7, 11) is 0. The number of esters is 4. The molecule has 0 aliphatic heterocycles. The molecule has 15 heteroatoms. The van der Waals surface area contributed by atoms with Crippen LogP contribution in [-0.4, -0.2) is 98.8 Å². The number of carbonyl (C=O) groups excluding carboxylic acids is 6. The number of nitrogens with one attached hydrogen (secondary N) is 4. The minimum absolute atomic E-state index is 0.0173. The second-order valence-corrected chi connectivity index (χ2v) is 9.25. The van der Waals surface area contributed by atoms with E-state index in [0.717, 1.165) is 0 Å². The van der Waals surface area contributed by atoms with E-state index in [1.54, 1.807) is 0 Å².